The van der Waals surface area contributed by atoms with Crippen LogP contribution in [0.3, 0.4) is 0 Å². The van der Waals surface area contributed by atoms with Gasteiger partial charge in [0.25, 0.3) is 0 Å². The molecule has 3 nitrogen and oxygen atoms in total. The maximum Gasteiger partial charge on any atom is 0.162 e. The molecule has 5 aromatic rings. The zero-order chi connectivity index (χ0) is 20.1. The third kappa shape index (κ3) is 2.59. The summed E-state index contributed by atoms with van der Waals surface area (Å²) in [6, 6.07) is 25.3. The van der Waals surface area contributed by atoms with Gasteiger partial charge in [-0.3, -0.25) is 4.57 Å². The SMILES string of the molecule is Cc1ccc2c(c1)c1c(n2-c2nc(-c3ccccc3)nc3ccccc23)C=CCC1. The number of aryl methyl sites for hydroxylation is 2. The van der Waals surface area contributed by atoms with Gasteiger partial charge in [-0.1, -0.05) is 60.2 Å². The Morgan fingerprint density at radius 3 is 2.57 bits per heavy atom. The van der Waals surface area contributed by atoms with Crippen LogP contribution in [0.25, 0.3) is 45.1 Å². The van der Waals surface area contributed by atoms with Gasteiger partial charge in [0.1, 0.15) is 5.82 Å². The number of hydrogen-bond acceptors (Lipinski definition) is 2. The zero-order valence-corrected chi connectivity index (χ0v) is 16.8. The van der Waals surface area contributed by atoms with Crippen LogP contribution in [-0.2, 0) is 6.42 Å². The first-order chi connectivity index (χ1) is 14.8. The minimum atomic E-state index is 0.756. The van der Waals surface area contributed by atoms with E-state index in [4.69, 9.17) is 9.97 Å². The second kappa shape index (κ2) is 6.67. The molecule has 3 aromatic carbocycles. The predicted octanol–water partition coefficient (Wildman–Crippen LogP) is 6.51. The predicted molar refractivity (Wildman–Crippen MR) is 124 cm³/mol. The molecule has 0 aliphatic heterocycles. The van der Waals surface area contributed by atoms with Crippen molar-refractivity contribution in [3.05, 3.63) is 95.7 Å². The Labute approximate surface area is 175 Å². The molecule has 0 N–H and O–H groups in total. The Morgan fingerprint density at radius 1 is 0.833 bits per heavy atom. The molecule has 1 aliphatic carbocycles. The molecular weight excluding hydrogens is 366 g/mol. The number of rotatable bonds is 2. The molecule has 0 saturated heterocycles. The van der Waals surface area contributed by atoms with Gasteiger partial charge in [0, 0.05) is 16.3 Å². The molecular formula is C27H21N3. The fourth-order valence-electron chi connectivity index (χ4n) is 4.52. The Kier molecular flexibility index (Phi) is 3.81. The molecule has 0 unspecified atom stereocenters. The van der Waals surface area contributed by atoms with Crippen molar-refractivity contribution in [3.63, 3.8) is 0 Å². The van der Waals surface area contributed by atoms with Gasteiger partial charge < -0.3 is 0 Å². The molecule has 0 amide bonds. The summed E-state index contributed by atoms with van der Waals surface area (Å²) in [6.45, 7) is 2.16. The van der Waals surface area contributed by atoms with Gasteiger partial charge in [0.2, 0.25) is 0 Å². The Hall–Kier alpha value is -3.72. The molecule has 1 aliphatic rings. The fraction of sp³-hybridized carbons (Fsp3) is 0.111. The number of fused-ring (bicyclic) bond motifs is 4. The Balaban J connectivity index is 1.74. The molecule has 0 spiro atoms. The molecule has 144 valence electrons. The summed E-state index contributed by atoms with van der Waals surface area (Å²) in [5, 5.41) is 2.40. The molecule has 30 heavy (non-hydrogen) atoms. The third-order valence-corrected chi connectivity index (χ3v) is 5.93. The van der Waals surface area contributed by atoms with E-state index in [0.717, 1.165) is 41.0 Å². The molecule has 0 bridgehead atoms. The largest absolute Gasteiger partial charge is 0.294 e. The van der Waals surface area contributed by atoms with Gasteiger partial charge in [-0.15, -0.1) is 0 Å². The Morgan fingerprint density at radius 2 is 1.67 bits per heavy atom. The van der Waals surface area contributed by atoms with Crippen molar-refractivity contribution in [2.45, 2.75) is 19.8 Å². The maximum atomic E-state index is 5.11. The van der Waals surface area contributed by atoms with Crippen LogP contribution in [0.5, 0.6) is 0 Å². The lowest BCUT2D eigenvalue weighted by Gasteiger charge is -2.14. The highest BCUT2D eigenvalue weighted by Crippen LogP contribution is 2.36. The highest BCUT2D eigenvalue weighted by Gasteiger charge is 2.21. The van der Waals surface area contributed by atoms with E-state index < -0.39 is 0 Å². The normalized spacial score (nSPS) is 13.1. The first-order valence-electron chi connectivity index (χ1n) is 10.4. The minimum Gasteiger partial charge on any atom is -0.294 e. The lowest BCUT2D eigenvalue weighted by atomic mass is 10.00. The molecule has 0 atom stereocenters. The van der Waals surface area contributed by atoms with Crippen molar-refractivity contribution in [2.24, 2.45) is 0 Å². The molecule has 0 saturated carbocycles. The lowest BCUT2D eigenvalue weighted by molar-refractivity contribution is 0.954. The molecule has 2 heterocycles. The van der Waals surface area contributed by atoms with Crippen molar-refractivity contribution in [1.29, 1.82) is 0 Å². The topological polar surface area (TPSA) is 30.7 Å². The van der Waals surface area contributed by atoms with Crippen molar-refractivity contribution in [2.75, 3.05) is 0 Å². The van der Waals surface area contributed by atoms with E-state index in [1.165, 1.54) is 27.7 Å². The van der Waals surface area contributed by atoms with Crippen molar-refractivity contribution >= 4 is 27.9 Å². The summed E-state index contributed by atoms with van der Waals surface area (Å²) in [5.74, 6) is 1.70. The van der Waals surface area contributed by atoms with Crippen molar-refractivity contribution < 1.29 is 0 Å². The van der Waals surface area contributed by atoms with E-state index in [0.29, 0.717) is 0 Å². The van der Waals surface area contributed by atoms with Crippen molar-refractivity contribution in [3.8, 4) is 17.2 Å². The number of hydrogen-bond donors (Lipinski definition) is 0. The molecule has 0 fully saturated rings. The summed E-state index contributed by atoms with van der Waals surface area (Å²) in [7, 11) is 0. The van der Waals surface area contributed by atoms with Crippen LogP contribution in [-0.4, -0.2) is 14.5 Å². The summed E-state index contributed by atoms with van der Waals surface area (Å²) >= 11 is 0. The van der Waals surface area contributed by atoms with Crippen LogP contribution in [0.4, 0.5) is 0 Å². The number of aromatic nitrogens is 3. The standard InChI is InChI=1S/C27H21N3/c1-18-15-16-25-22(17-18)20-11-6-8-14-24(20)30(25)27-21-12-5-7-13-23(21)28-26(29-27)19-9-3-2-4-10-19/h2-5,7-10,12-17H,6,11H2,1H3. The molecule has 3 heteroatoms. The average molecular weight is 387 g/mol. The maximum absolute atomic E-state index is 5.11. The molecule has 0 radical (unpaired) electrons. The van der Waals surface area contributed by atoms with Crippen molar-refractivity contribution in [1.82, 2.24) is 14.5 Å². The summed E-state index contributed by atoms with van der Waals surface area (Å²) in [6.07, 6.45) is 6.67. The van der Waals surface area contributed by atoms with E-state index in [1.807, 2.05) is 24.3 Å². The number of benzene rings is 3. The van der Waals surface area contributed by atoms with E-state index in [9.17, 15) is 0 Å². The van der Waals surface area contributed by atoms with Crippen LogP contribution in [0.2, 0.25) is 0 Å². The third-order valence-electron chi connectivity index (χ3n) is 5.93. The van der Waals surface area contributed by atoms with E-state index in [-0.39, 0.29) is 0 Å². The minimum absolute atomic E-state index is 0.756. The number of allylic oxidation sites excluding steroid dienone is 1. The average Bonchev–Trinajstić information content (AvgIpc) is 3.12. The number of nitrogens with zero attached hydrogens (tertiary/aromatic N) is 3. The van der Waals surface area contributed by atoms with Gasteiger partial charge in [-0.05, 0) is 55.7 Å². The number of para-hydroxylation sites is 1. The van der Waals surface area contributed by atoms with E-state index in [1.54, 1.807) is 0 Å². The monoisotopic (exact) mass is 387 g/mol. The van der Waals surface area contributed by atoms with Gasteiger partial charge in [-0.25, -0.2) is 9.97 Å². The highest BCUT2D eigenvalue weighted by atomic mass is 15.1. The second-order valence-corrected chi connectivity index (χ2v) is 7.91. The second-order valence-electron chi connectivity index (χ2n) is 7.91. The summed E-state index contributed by atoms with van der Waals surface area (Å²) in [5.41, 5.74) is 7.14. The van der Waals surface area contributed by atoms with E-state index in [2.05, 4.69) is 72.2 Å². The zero-order valence-electron chi connectivity index (χ0n) is 16.8. The molecule has 2 aromatic heterocycles. The highest BCUT2D eigenvalue weighted by molar-refractivity contribution is 5.95. The first kappa shape index (κ1) is 17.2. The lowest BCUT2D eigenvalue weighted by Crippen LogP contribution is -2.05. The Bertz CT molecular complexity index is 1440. The fourth-order valence-corrected chi connectivity index (χ4v) is 4.52. The van der Waals surface area contributed by atoms with Crippen LogP contribution >= 0.6 is 0 Å². The van der Waals surface area contributed by atoms with Crippen LogP contribution < -0.4 is 0 Å². The first-order valence-corrected chi connectivity index (χ1v) is 10.4. The van der Waals surface area contributed by atoms with Crippen LogP contribution in [0, 0.1) is 6.92 Å². The van der Waals surface area contributed by atoms with Crippen LogP contribution in [0.15, 0.2) is 78.9 Å². The van der Waals surface area contributed by atoms with Gasteiger partial charge in [0.15, 0.2) is 5.82 Å². The summed E-state index contributed by atoms with van der Waals surface area (Å²) in [4.78, 5) is 9.99. The van der Waals surface area contributed by atoms with Gasteiger partial charge in [0.05, 0.1) is 16.7 Å². The smallest absolute Gasteiger partial charge is 0.162 e. The molecule has 6 rings (SSSR count). The van der Waals surface area contributed by atoms with Crippen LogP contribution in [0.1, 0.15) is 23.2 Å². The quantitative estimate of drug-likeness (QED) is 0.346. The summed E-state index contributed by atoms with van der Waals surface area (Å²) < 4.78 is 2.33. The van der Waals surface area contributed by atoms with Gasteiger partial charge >= 0.3 is 0 Å². The van der Waals surface area contributed by atoms with E-state index >= 15 is 0 Å². The van der Waals surface area contributed by atoms with Gasteiger partial charge in [-0.2, -0.15) is 0 Å².